The van der Waals surface area contributed by atoms with Crippen LogP contribution in [-0.2, 0) is 13.5 Å². The molecule has 0 spiro atoms. The first-order valence-electron chi connectivity index (χ1n) is 11.9. The van der Waals surface area contributed by atoms with E-state index in [4.69, 9.17) is 16.6 Å². The van der Waals surface area contributed by atoms with Crippen molar-refractivity contribution < 1.29 is 4.79 Å². The summed E-state index contributed by atoms with van der Waals surface area (Å²) in [5, 5.41) is 0.962. The van der Waals surface area contributed by atoms with E-state index in [0.29, 0.717) is 40.4 Å². The summed E-state index contributed by atoms with van der Waals surface area (Å²) in [7, 11) is 5.65. The molecule has 0 aliphatic heterocycles. The number of carbonyl (C=O) groups excluding carboxylic acids is 1. The fourth-order valence-corrected chi connectivity index (χ4v) is 4.28. The third-order valence-electron chi connectivity index (χ3n) is 6.23. The molecule has 1 amide bonds. The number of halogens is 1. The second-order valence-electron chi connectivity index (χ2n) is 9.13. The summed E-state index contributed by atoms with van der Waals surface area (Å²) >= 11 is 6.09. The van der Waals surface area contributed by atoms with Gasteiger partial charge in [0.25, 0.3) is 11.5 Å². The van der Waals surface area contributed by atoms with Crippen LogP contribution in [0.2, 0.25) is 5.02 Å². The highest BCUT2D eigenvalue weighted by Crippen LogP contribution is 2.23. The topological polar surface area (TPSA) is 58.4 Å². The Morgan fingerprint density at radius 1 is 1.09 bits per heavy atom. The van der Waals surface area contributed by atoms with Crippen molar-refractivity contribution >= 4 is 28.4 Å². The van der Waals surface area contributed by atoms with E-state index >= 15 is 0 Å². The van der Waals surface area contributed by atoms with Crippen molar-refractivity contribution in [2.24, 2.45) is 7.05 Å². The van der Waals surface area contributed by atoms with Crippen LogP contribution in [0.1, 0.15) is 60.9 Å². The molecule has 6 nitrogen and oxygen atoms in total. The van der Waals surface area contributed by atoms with Crippen molar-refractivity contribution in [2.45, 2.75) is 45.6 Å². The third-order valence-corrected chi connectivity index (χ3v) is 6.47. The Bertz CT molecular complexity index is 1190. The lowest BCUT2D eigenvalue weighted by Gasteiger charge is -2.31. The Morgan fingerprint density at radius 3 is 2.44 bits per heavy atom. The summed E-state index contributed by atoms with van der Waals surface area (Å²) in [4.78, 5) is 35.3. The molecule has 182 valence electrons. The molecule has 34 heavy (non-hydrogen) atoms. The molecule has 7 heteroatoms. The van der Waals surface area contributed by atoms with Crippen LogP contribution in [-0.4, -0.2) is 52.4 Å². The monoisotopic (exact) mass is 482 g/mol. The summed E-state index contributed by atoms with van der Waals surface area (Å²) < 4.78 is 1.52. The van der Waals surface area contributed by atoms with Gasteiger partial charge in [-0.2, -0.15) is 0 Å². The first-order chi connectivity index (χ1) is 16.2. The maximum Gasteiger partial charge on any atom is 0.261 e. The van der Waals surface area contributed by atoms with Crippen LogP contribution in [0.4, 0.5) is 0 Å². The summed E-state index contributed by atoms with van der Waals surface area (Å²) in [5.41, 5.74) is 2.29. The van der Waals surface area contributed by atoms with Crippen molar-refractivity contribution in [3.05, 3.63) is 74.8 Å². The zero-order valence-electron chi connectivity index (χ0n) is 20.8. The van der Waals surface area contributed by atoms with Crippen molar-refractivity contribution in [1.82, 2.24) is 19.4 Å². The SMILES string of the molecule is CCCCCc1ccc(C(=O)N(CCN(C)C)C(C)c2nc3ccc(Cl)cc3c(=O)n2C)cc1. The zero-order valence-corrected chi connectivity index (χ0v) is 21.6. The quantitative estimate of drug-likeness (QED) is 0.378. The number of amides is 1. The number of nitrogens with zero attached hydrogens (tertiary/aromatic N) is 4. The van der Waals surface area contributed by atoms with Crippen molar-refractivity contribution in [2.75, 3.05) is 27.2 Å². The fraction of sp³-hybridized carbons (Fsp3) is 0.444. The van der Waals surface area contributed by atoms with Crippen molar-refractivity contribution in [1.29, 1.82) is 0 Å². The molecule has 0 fully saturated rings. The van der Waals surface area contributed by atoms with E-state index in [1.54, 1.807) is 30.1 Å². The number of unbranched alkanes of at least 4 members (excludes halogenated alkanes) is 2. The van der Waals surface area contributed by atoms with Gasteiger partial charge in [-0.25, -0.2) is 4.98 Å². The summed E-state index contributed by atoms with van der Waals surface area (Å²) in [6.45, 7) is 5.33. The first-order valence-corrected chi connectivity index (χ1v) is 12.3. The zero-order chi connectivity index (χ0) is 24.8. The molecule has 0 aliphatic rings. The molecular weight excluding hydrogens is 448 g/mol. The van der Waals surface area contributed by atoms with Crippen LogP contribution in [0.5, 0.6) is 0 Å². The summed E-state index contributed by atoms with van der Waals surface area (Å²) in [6, 6.07) is 12.6. The van der Waals surface area contributed by atoms with Gasteiger partial charge < -0.3 is 9.80 Å². The van der Waals surface area contributed by atoms with Gasteiger partial charge in [-0.15, -0.1) is 0 Å². The first kappa shape index (κ1) is 25.9. The second kappa shape index (κ2) is 11.6. The lowest BCUT2D eigenvalue weighted by Crippen LogP contribution is -2.40. The predicted molar refractivity (Wildman–Crippen MR) is 140 cm³/mol. The number of aryl methyl sites for hydroxylation is 1. The van der Waals surface area contributed by atoms with Crippen LogP contribution in [0.25, 0.3) is 10.9 Å². The van der Waals surface area contributed by atoms with Gasteiger partial charge in [0.15, 0.2) is 0 Å². The molecule has 0 saturated carbocycles. The van der Waals surface area contributed by atoms with E-state index in [0.717, 1.165) is 12.8 Å². The van der Waals surface area contributed by atoms with Crippen LogP contribution >= 0.6 is 11.6 Å². The van der Waals surface area contributed by atoms with Gasteiger partial charge in [0, 0.05) is 30.7 Å². The van der Waals surface area contributed by atoms with Crippen LogP contribution < -0.4 is 5.56 Å². The van der Waals surface area contributed by atoms with E-state index in [1.165, 1.54) is 23.0 Å². The number of aromatic nitrogens is 2. The molecule has 3 aromatic rings. The molecule has 0 radical (unpaired) electrons. The lowest BCUT2D eigenvalue weighted by molar-refractivity contribution is 0.0666. The van der Waals surface area contributed by atoms with Gasteiger partial charge in [-0.1, -0.05) is 43.5 Å². The molecule has 0 saturated heterocycles. The average molecular weight is 483 g/mol. The fourth-order valence-electron chi connectivity index (χ4n) is 4.11. The molecule has 0 N–H and O–H groups in total. The maximum atomic E-state index is 13.6. The number of benzene rings is 2. The number of rotatable bonds is 10. The van der Waals surface area contributed by atoms with Gasteiger partial charge in [-0.3, -0.25) is 14.2 Å². The van der Waals surface area contributed by atoms with Gasteiger partial charge in [0.05, 0.1) is 16.9 Å². The highest BCUT2D eigenvalue weighted by Gasteiger charge is 2.26. The Hall–Kier alpha value is -2.70. The Balaban J connectivity index is 1.94. The molecule has 0 aliphatic carbocycles. The smallest absolute Gasteiger partial charge is 0.261 e. The normalized spacial score (nSPS) is 12.3. The van der Waals surface area contributed by atoms with E-state index < -0.39 is 6.04 Å². The van der Waals surface area contributed by atoms with Gasteiger partial charge in [-0.05, 0) is 69.8 Å². The van der Waals surface area contributed by atoms with Crippen molar-refractivity contribution in [3.8, 4) is 0 Å². The molecule has 2 aromatic carbocycles. The minimum Gasteiger partial charge on any atom is -0.327 e. The maximum absolute atomic E-state index is 13.6. The second-order valence-corrected chi connectivity index (χ2v) is 9.56. The largest absolute Gasteiger partial charge is 0.327 e. The lowest BCUT2D eigenvalue weighted by atomic mass is 10.0. The standard InChI is InChI=1S/C27H35ClN4O2/c1-6-7-8-9-20-10-12-21(13-11-20)26(33)32(17-16-30(3)4)19(2)25-29-24-15-14-22(28)18-23(24)27(34)31(25)5/h10-15,18-19H,6-9,16-17H2,1-5H3. The Morgan fingerprint density at radius 2 is 1.79 bits per heavy atom. The highest BCUT2D eigenvalue weighted by molar-refractivity contribution is 6.31. The van der Waals surface area contributed by atoms with E-state index in [9.17, 15) is 9.59 Å². The van der Waals surface area contributed by atoms with Crippen LogP contribution in [0.15, 0.2) is 47.3 Å². The van der Waals surface area contributed by atoms with Gasteiger partial charge in [0.1, 0.15) is 5.82 Å². The molecule has 1 heterocycles. The minimum atomic E-state index is -0.394. The van der Waals surface area contributed by atoms with Gasteiger partial charge in [0.2, 0.25) is 0 Å². The minimum absolute atomic E-state index is 0.0695. The summed E-state index contributed by atoms with van der Waals surface area (Å²) in [5.74, 6) is 0.475. The Labute approximate surface area is 207 Å². The van der Waals surface area contributed by atoms with E-state index in [-0.39, 0.29) is 11.5 Å². The molecule has 3 rings (SSSR count). The summed E-state index contributed by atoms with van der Waals surface area (Å²) in [6.07, 6.45) is 4.58. The van der Waals surface area contributed by atoms with Crippen LogP contribution in [0.3, 0.4) is 0 Å². The van der Waals surface area contributed by atoms with Crippen molar-refractivity contribution in [3.63, 3.8) is 0 Å². The number of carbonyl (C=O) groups is 1. The molecule has 1 aromatic heterocycles. The van der Waals surface area contributed by atoms with E-state index in [2.05, 4.69) is 6.92 Å². The highest BCUT2D eigenvalue weighted by atomic mass is 35.5. The number of likely N-dealkylation sites (N-methyl/N-ethyl adjacent to an activating group) is 1. The molecular formula is C27H35ClN4O2. The van der Waals surface area contributed by atoms with E-state index in [1.807, 2.05) is 50.2 Å². The number of hydrogen-bond acceptors (Lipinski definition) is 4. The number of fused-ring (bicyclic) bond motifs is 1. The average Bonchev–Trinajstić information content (AvgIpc) is 2.82. The predicted octanol–water partition coefficient (Wildman–Crippen LogP) is 5.08. The Kier molecular flexibility index (Phi) is 8.86. The third kappa shape index (κ3) is 6.05. The molecule has 1 unspecified atom stereocenters. The van der Waals surface area contributed by atoms with Crippen LogP contribution in [0, 0.1) is 0 Å². The molecule has 1 atom stereocenters. The van der Waals surface area contributed by atoms with Gasteiger partial charge >= 0.3 is 0 Å². The number of hydrogen-bond donors (Lipinski definition) is 0. The molecule has 0 bridgehead atoms.